The minimum atomic E-state index is 0.919. The summed E-state index contributed by atoms with van der Waals surface area (Å²) in [5.41, 5.74) is 6.19. The van der Waals surface area contributed by atoms with E-state index >= 15 is 0 Å². The maximum atomic E-state index is 3.53. The van der Waals surface area contributed by atoms with E-state index in [0.717, 1.165) is 45.8 Å². The minimum absolute atomic E-state index is 0.919. The van der Waals surface area contributed by atoms with E-state index in [-0.39, 0.29) is 0 Å². The highest BCUT2D eigenvalue weighted by atomic mass is 15.5. The summed E-state index contributed by atoms with van der Waals surface area (Å²) in [4.78, 5) is 4.74. The molecule has 0 unspecified atom stereocenters. The van der Waals surface area contributed by atoms with Gasteiger partial charge in [-0.1, -0.05) is 12.1 Å². The summed E-state index contributed by atoms with van der Waals surface area (Å²) in [6.45, 7) is 12.0. The van der Waals surface area contributed by atoms with Crippen molar-refractivity contribution in [1.82, 2.24) is 15.3 Å². The fraction of sp³-hybridized carbons (Fsp3) is 0.625. The molecule has 1 aliphatic heterocycles. The van der Waals surface area contributed by atoms with Gasteiger partial charge in [-0.05, 0) is 38.6 Å². The normalized spacial score (nSPS) is 17.4. The van der Waals surface area contributed by atoms with Gasteiger partial charge in [0.25, 0.3) is 0 Å². The molecule has 112 valence electrons. The molecule has 0 bridgehead atoms. The van der Waals surface area contributed by atoms with Crippen molar-refractivity contribution in [3.63, 3.8) is 0 Å². The van der Waals surface area contributed by atoms with Crippen molar-refractivity contribution in [2.45, 2.75) is 20.4 Å². The van der Waals surface area contributed by atoms with Crippen LogP contribution in [0.5, 0.6) is 0 Å². The molecule has 1 fully saturated rings. The fourth-order valence-electron chi connectivity index (χ4n) is 2.58. The Kier molecular flexibility index (Phi) is 5.83. The van der Waals surface area contributed by atoms with Crippen molar-refractivity contribution in [2.24, 2.45) is 0 Å². The van der Waals surface area contributed by atoms with E-state index in [9.17, 15) is 0 Å². The second-order valence-corrected chi connectivity index (χ2v) is 5.46. The molecule has 1 aromatic carbocycles. The molecule has 0 amide bonds. The summed E-state index contributed by atoms with van der Waals surface area (Å²) in [5, 5.41) is 2.33. The minimum Gasteiger partial charge on any atom is -0.372 e. The number of benzene rings is 1. The van der Waals surface area contributed by atoms with Crippen molar-refractivity contribution in [3.8, 4) is 0 Å². The van der Waals surface area contributed by atoms with Gasteiger partial charge >= 0.3 is 0 Å². The predicted molar refractivity (Wildman–Crippen MR) is 85.9 cm³/mol. The van der Waals surface area contributed by atoms with E-state index in [2.05, 4.69) is 65.4 Å². The lowest BCUT2D eigenvalue weighted by Gasteiger charge is -2.32. The van der Waals surface area contributed by atoms with Gasteiger partial charge in [0.1, 0.15) is 0 Å². The van der Waals surface area contributed by atoms with Crippen molar-refractivity contribution < 1.29 is 0 Å². The highest BCUT2D eigenvalue weighted by molar-refractivity contribution is 5.47. The van der Waals surface area contributed by atoms with Crippen LogP contribution in [0.1, 0.15) is 19.4 Å². The molecule has 1 heterocycles. The van der Waals surface area contributed by atoms with Crippen LogP contribution in [0, 0.1) is 0 Å². The number of piperazine rings is 1. The molecule has 4 heteroatoms. The highest BCUT2D eigenvalue weighted by Gasteiger charge is 2.12. The number of anilines is 1. The summed E-state index contributed by atoms with van der Waals surface area (Å²) >= 11 is 0. The van der Waals surface area contributed by atoms with E-state index < -0.39 is 0 Å². The van der Waals surface area contributed by atoms with Crippen molar-refractivity contribution in [1.29, 1.82) is 0 Å². The van der Waals surface area contributed by atoms with Gasteiger partial charge in [-0.2, -0.15) is 0 Å². The summed E-state index contributed by atoms with van der Waals surface area (Å²) in [6, 6.07) is 8.93. The Labute approximate surface area is 123 Å². The number of likely N-dealkylation sites (N-methyl/N-ethyl adjacent to an activating group) is 1. The average Bonchev–Trinajstić information content (AvgIpc) is 2.49. The molecule has 0 atom stereocenters. The van der Waals surface area contributed by atoms with Crippen LogP contribution in [0.4, 0.5) is 5.69 Å². The highest BCUT2D eigenvalue weighted by Crippen LogP contribution is 2.14. The van der Waals surface area contributed by atoms with Crippen LogP contribution < -0.4 is 10.3 Å². The Hall–Kier alpha value is -1.10. The van der Waals surface area contributed by atoms with Gasteiger partial charge in [0.05, 0.1) is 0 Å². The zero-order valence-corrected chi connectivity index (χ0v) is 13.1. The molecular weight excluding hydrogens is 248 g/mol. The first-order valence-corrected chi connectivity index (χ1v) is 7.73. The van der Waals surface area contributed by atoms with Gasteiger partial charge in [0, 0.05) is 51.5 Å². The smallest absolute Gasteiger partial charge is 0.0366 e. The zero-order chi connectivity index (χ0) is 14.4. The van der Waals surface area contributed by atoms with E-state index in [1.807, 2.05) is 0 Å². The first kappa shape index (κ1) is 15.3. The Morgan fingerprint density at radius 1 is 1.00 bits per heavy atom. The van der Waals surface area contributed by atoms with E-state index in [0.29, 0.717) is 0 Å². The van der Waals surface area contributed by atoms with Crippen LogP contribution in [0.25, 0.3) is 0 Å². The molecule has 1 aromatic rings. The van der Waals surface area contributed by atoms with Gasteiger partial charge in [0.2, 0.25) is 0 Å². The number of hydrazine groups is 1. The van der Waals surface area contributed by atoms with Crippen molar-refractivity contribution in [3.05, 3.63) is 29.8 Å². The standard InChI is InChI=1S/C16H28N4/c1-4-19(5-2)16-8-6-15(7-9-16)14-17-20-12-10-18(3)11-13-20/h6-9,17H,4-5,10-14H2,1-3H3. The third-order valence-corrected chi connectivity index (χ3v) is 4.07. The van der Waals surface area contributed by atoms with Crippen LogP contribution in [-0.2, 0) is 6.54 Å². The molecule has 0 aliphatic carbocycles. The van der Waals surface area contributed by atoms with Crippen LogP contribution in [-0.4, -0.2) is 56.2 Å². The molecule has 0 spiro atoms. The maximum absolute atomic E-state index is 3.53. The molecule has 0 saturated carbocycles. The van der Waals surface area contributed by atoms with E-state index in [4.69, 9.17) is 0 Å². The number of hydrogen-bond donors (Lipinski definition) is 1. The second kappa shape index (κ2) is 7.62. The zero-order valence-electron chi connectivity index (χ0n) is 13.1. The topological polar surface area (TPSA) is 21.8 Å². The fourth-order valence-corrected chi connectivity index (χ4v) is 2.58. The maximum Gasteiger partial charge on any atom is 0.0366 e. The Morgan fingerprint density at radius 3 is 2.15 bits per heavy atom. The molecule has 4 nitrogen and oxygen atoms in total. The number of hydrogen-bond acceptors (Lipinski definition) is 4. The Morgan fingerprint density at radius 2 is 1.60 bits per heavy atom. The molecule has 1 saturated heterocycles. The molecule has 1 aliphatic rings. The average molecular weight is 276 g/mol. The van der Waals surface area contributed by atoms with Crippen molar-refractivity contribution in [2.75, 3.05) is 51.2 Å². The summed E-state index contributed by atoms with van der Waals surface area (Å²) in [6.07, 6.45) is 0. The monoisotopic (exact) mass is 276 g/mol. The molecule has 0 aromatic heterocycles. The predicted octanol–water partition coefficient (Wildman–Crippen LogP) is 1.78. The van der Waals surface area contributed by atoms with Crippen LogP contribution in [0.3, 0.4) is 0 Å². The summed E-state index contributed by atoms with van der Waals surface area (Å²) in [5.74, 6) is 0. The third kappa shape index (κ3) is 4.20. The van der Waals surface area contributed by atoms with Gasteiger partial charge in [-0.3, -0.25) is 5.43 Å². The lowest BCUT2D eigenvalue weighted by Crippen LogP contribution is -2.50. The lowest BCUT2D eigenvalue weighted by molar-refractivity contribution is 0.102. The lowest BCUT2D eigenvalue weighted by atomic mass is 10.2. The van der Waals surface area contributed by atoms with E-state index in [1.165, 1.54) is 11.3 Å². The first-order valence-electron chi connectivity index (χ1n) is 7.73. The van der Waals surface area contributed by atoms with Crippen LogP contribution in [0.15, 0.2) is 24.3 Å². The molecular formula is C16H28N4. The molecule has 20 heavy (non-hydrogen) atoms. The van der Waals surface area contributed by atoms with Gasteiger partial charge in [0.15, 0.2) is 0 Å². The first-order chi connectivity index (χ1) is 9.72. The SMILES string of the molecule is CCN(CC)c1ccc(CNN2CCN(C)CC2)cc1. The van der Waals surface area contributed by atoms with Crippen molar-refractivity contribution >= 4 is 5.69 Å². The molecule has 0 radical (unpaired) electrons. The van der Waals surface area contributed by atoms with Crippen LogP contribution in [0.2, 0.25) is 0 Å². The number of nitrogens with one attached hydrogen (secondary N) is 1. The number of nitrogens with zero attached hydrogens (tertiary/aromatic N) is 3. The molecule has 1 N–H and O–H groups in total. The number of rotatable bonds is 6. The quantitative estimate of drug-likeness (QED) is 0.855. The van der Waals surface area contributed by atoms with Gasteiger partial charge in [-0.25, -0.2) is 5.01 Å². The van der Waals surface area contributed by atoms with E-state index in [1.54, 1.807) is 0 Å². The summed E-state index contributed by atoms with van der Waals surface area (Å²) in [7, 11) is 2.18. The van der Waals surface area contributed by atoms with Gasteiger partial charge < -0.3 is 9.80 Å². The van der Waals surface area contributed by atoms with Gasteiger partial charge in [-0.15, -0.1) is 0 Å². The third-order valence-electron chi connectivity index (χ3n) is 4.07. The Bertz CT molecular complexity index is 378. The molecule has 2 rings (SSSR count). The largest absolute Gasteiger partial charge is 0.372 e. The second-order valence-electron chi connectivity index (χ2n) is 5.46. The summed E-state index contributed by atoms with van der Waals surface area (Å²) < 4.78 is 0. The Balaban J connectivity index is 1.81. The van der Waals surface area contributed by atoms with Crippen LogP contribution >= 0.6 is 0 Å².